The lowest BCUT2D eigenvalue weighted by Gasteiger charge is -2.15. The molecule has 0 atom stereocenters. The summed E-state index contributed by atoms with van der Waals surface area (Å²) in [7, 11) is 0. The maximum Gasteiger partial charge on any atom is 0.0208 e. The first-order valence-electron chi connectivity index (χ1n) is 6.45. The molecule has 2 nitrogen and oxygen atoms in total. The van der Waals surface area contributed by atoms with Crippen LogP contribution in [0.15, 0.2) is 24.3 Å². The van der Waals surface area contributed by atoms with Gasteiger partial charge in [-0.1, -0.05) is 30.7 Å². The Hall–Kier alpha value is -0.860. The van der Waals surface area contributed by atoms with Crippen LogP contribution in [0.4, 0.5) is 0 Å². The van der Waals surface area contributed by atoms with Gasteiger partial charge in [-0.25, -0.2) is 0 Å². The Balaban J connectivity index is 0.000000138. The Bertz CT molecular complexity index is 269. The van der Waals surface area contributed by atoms with Crippen LogP contribution in [0, 0.1) is 0 Å². The molecule has 0 amide bonds. The number of nitrogens with one attached hydrogen (secondary N) is 2. The highest BCUT2D eigenvalue weighted by molar-refractivity contribution is 5.28. The zero-order valence-corrected chi connectivity index (χ0v) is 9.97. The van der Waals surface area contributed by atoms with Gasteiger partial charge in [0, 0.05) is 6.54 Å². The van der Waals surface area contributed by atoms with Gasteiger partial charge in [0.25, 0.3) is 0 Å². The molecule has 1 fully saturated rings. The molecule has 2 heterocycles. The molecule has 0 aliphatic carbocycles. The number of piperidine rings is 1. The molecule has 88 valence electrons. The smallest absolute Gasteiger partial charge is 0.0208 e. The molecule has 1 aromatic carbocycles. The van der Waals surface area contributed by atoms with Crippen molar-refractivity contribution < 1.29 is 0 Å². The predicted octanol–water partition coefficient (Wildman–Crippen LogP) is 2.09. The fourth-order valence-electron chi connectivity index (χ4n) is 2.22. The Labute approximate surface area is 98.4 Å². The number of hydrogen-bond donors (Lipinski definition) is 2. The average Bonchev–Trinajstić information content (AvgIpc) is 2.42. The number of rotatable bonds is 0. The van der Waals surface area contributed by atoms with Crippen molar-refractivity contribution in [3.63, 3.8) is 0 Å². The summed E-state index contributed by atoms with van der Waals surface area (Å²) in [5, 5.41) is 6.63. The predicted molar refractivity (Wildman–Crippen MR) is 68.6 cm³/mol. The third-order valence-electron chi connectivity index (χ3n) is 3.21. The number of benzene rings is 1. The van der Waals surface area contributed by atoms with E-state index in [2.05, 4.69) is 34.9 Å². The molecule has 1 saturated heterocycles. The third-order valence-corrected chi connectivity index (χ3v) is 3.21. The first-order chi connectivity index (χ1) is 7.97. The van der Waals surface area contributed by atoms with Gasteiger partial charge >= 0.3 is 0 Å². The molecule has 2 N–H and O–H groups in total. The molecule has 0 unspecified atom stereocenters. The SMILES string of the molecule is C1CCNCC1.c1ccc2c(c1)CCNC2. The minimum absolute atomic E-state index is 1.05. The molecule has 0 spiro atoms. The highest BCUT2D eigenvalue weighted by Crippen LogP contribution is 2.11. The van der Waals surface area contributed by atoms with Crippen molar-refractivity contribution in [3.05, 3.63) is 35.4 Å². The monoisotopic (exact) mass is 218 g/mol. The second-order valence-corrected chi connectivity index (χ2v) is 4.51. The van der Waals surface area contributed by atoms with Crippen LogP contribution in [0.1, 0.15) is 30.4 Å². The lowest BCUT2D eigenvalue weighted by atomic mass is 10.0. The highest BCUT2D eigenvalue weighted by Gasteiger charge is 2.05. The van der Waals surface area contributed by atoms with Crippen molar-refractivity contribution in [2.45, 2.75) is 32.2 Å². The third kappa shape index (κ3) is 3.62. The summed E-state index contributed by atoms with van der Waals surface area (Å²) in [6.07, 6.45) is 5.41. The molecule has 3 rings (SSSR count). The second-order valence-electron chi connectivity index (χ2n) is 4.51. The van der Waals surface area contributed by atoms with E-state index in [4.69, 9.17) is 0 Å². The fraction of sp³-hybridized carbons (Fsp3) is 0.571. The van der Waals surface area contributed by atoms with E-state index in [-0.39, 0.29) is 0 Å². The van der Waals surface area contributed by atoms with E-state index in [1.165, 1.54) is 49.9 Å². The topological polar surface area (TPSA) is 24.1 Å². The van der Waals surface area contributed by atoms with Crippen LogP contribution in [0.5, 0.6) is 0 Å². The molecule has 2 aliphatic rings. The Kier molecular flexibility index (Phi) is 4.84. The van der Waals surface area contributed by atoms with Crippen molar-refractivity contribution >= 4 is 0 Å². The van der Waals surface area contributed by atoms with Gasteiger partial charge in [-0.15, -0.1) is 0 Å². The molecule has 0 aromatic heterocycles. The van der Waals surface area contributed by atoms with E-state index in [0.29, 0.717) is 0 Å². The largest absolute Gasteiger partial charge is 0.317 e. The summed E-state index contributed by atoms with van der Waals surface area (Å²) < 4.78 is 0. The van der Waals surface area contributed by atoms with Crippen LogP contribution in [-0.2, 0) is 13.0 Å². The van der Waals surface area contributed by atoms with E-state index in [9.17, 15) is 0 Å². The van der Waals surface area contributed by atoms with E-state index >= 15 is 0 Å². The van der Waals surface area contributed by atoms with Crippen molar-refractivity contribution in [1.29, 1.82) is 0 Å². The van der Waals surface area contributed by atoms with Crippen LogP contribution < -0.4 is 10.6 Å². The van der Waals surface area contributed by atoms with Gasteiger partial charge < -0.3 is 10.6 Å². The molecule has 0 saturated carbocycles. The summed E-state index contributed by atoms with van der Waals surface area (Å²) in [5.41, 5.74) is 2.98. The van der Waals surface area contributed by atoms with Gasteiger partial charge in [0.15, 0.2) is 0 Å². The van der Waals surface area contributed by atoms with E-state index in [1.54, 1.807) is 0 Å². The highest BCUT2D eigenvalue weighted by atomic mass is 14.9. The van der Waals surface area contributed by atoms with Crippen LogP contribution in [0.25, 0.3) is 0 Å². The maximum atomic E-state index is 3.34. The molecule has 2 heteroatoms. The molecule has 16 heavy (non-hydrogen) atoms. The van der Waals surface area contributed by atoms with Gasteiger partial charge in [0.1, 0.15) is 0 Å². The summed E-state index contributed by atoms with van der Waals surface area (Å²) in [6.45, 7) is 4.69. The van der Waals surface area contributed by atoms with Gasteiger partial charge in [0.05, 0.1) is 0 Å². The van der Waals surface area contributed by atoms with Gasteiger partial charge in [0.2, 0.25) is 0 Å². The molecule has 0 bridgehead atoms. The van der Waals surface area contributed by atoms with E-state index in [0.717, 1.165) is 13.1 Å². The molecular weight excluding hydrogens is 196 g/mol. The number of hydrogen-bond acceptors (Lipinski definition) is 2. The fourth-order valence-corrected chi connectivity index (χ4v) is 2.22. The Morgan fingerprint density at radius 2 is 1.50 bits per heavy atom. The van der Waals surface area contributed by atoms with Crippen LogP contribution in [0.2, 0.25) is 0 Å². The second kappa shape index (κ2) is 6.66. The lowest BCUT2D eigenvalue weighted by Crippen LogP contribution is -2.23. The van der Waals surface area contributed by atoms with Crippen molar-refractivity contribution in [2.75, 3.05) is 19.6 Å². The first kappa shape index (κ1) is 11.6. The maximum absolute atomic E-state index is 3.34. The summed E-state index contributed by atoms with van der Waals surface area (Å²) in [6, 6.07) is 8.63. The Morgan fingerprint density at radius 3 is 2.06 bits per heavy atom. The van der Waals surface area contributed by atoms with E-state index < -0.39 is 0 Å². The molecule has 1 aromatic rings. The molecular formula is C14H22N2. The van der Waals surface area contributed by atoms with Gasteiger partial charge in [-0.05, 0) is 50.0 Å². The van der Waals surface area contributed by atoms with Crippen LogP contribution in [-0.4, -0.2) is 19.6 Å². The van der Waals surface area contributed by atoms with Crippen molar-refractivity contribution in [3.8, 4) is 0 Å². The first-order valence-corrected chi connectivity index (χ1v) is 6.45. The van der Waals surface area contributed by atoms with E-state index in [1.807, 2.05) is 0 Å². The molecule has 2 aliphatic heterocycles. The zero-order chi connectivity index (χ0) is 11.1. The summed E-state index contributed by atoms with van der Waals surface area (Å²) >= 11 is 0. The standard InChI is InChI=1S/C9H11N.C5H11N/c1-2-4-9-7-10-6-5-8(9)3-1;1-2-4-6-5-3-1/h1-4,10H,5-7H2;6H,1-5H2. The summed E-state index contributed by atoms with van der Waals surface area (Å²) in [5.74, 6) is 0. The average molecular weight is 218 g/mol. The zero-order valence-electron chi connectivity index (χ0n) is 9.97. The van der Waals surface area contributed by atoms with Gasteiger partial charge in [-0.2, -0.15) is 0 Å². The molecule has 0 radical (unpaired) electrons. The van der Waals surface area contributed by atoms with Crippen molar-refractivity contribution in [2.24, 2.45) is 0 Å². The number of fused-ring (bicyclic) bond motifs is 1. The van der Waals surface area contributed by atoms with Crippen LogP contribution in [0.3, 0.4) is 0 Å². The van der Waals surface area contributed by atoms with Crippen LogP contribution >= 0.6 is 0 Å². The summed E-state index contributed by atoms with van der Waals surface area (Å²) in [4.78, 5) is 0. The Morgan fingerprint density at radius 1 is 0.750 bits per heavy atom. The lowest BCUT2D eigenvalue weighted by molar-refractivity contribution is 0.520. The van der Waals surface area contributed by atoms with Gasteiger partial charge in [-0.3, -0.25) is 0 Å². The normalized spacial score (nSPS) is 19.2. The minimum atomic E-state index is 1.05. The van der Waals surface area contributed by atoms with Crippen molar-refractivity contribution in [1.82, 2.24) is 10.6 Å². The quantitative estimate of drug-likeness (QED) is 0.697. The minimum Gasteiger partial charge on any atom is -0.317 e.